The highest BCUT2D eigenvalue weighted by atomic mass is 15.2. The van der Waals surface area contributed by atoms with Crippen LogP contribution in [0.3, 0.4) is 0 Å². The zero-order valence-corrected chi connectivity index (χ0v) is 8.71. The highest BCUT2D eigenvalue weighted by molar-refractivity contribution is 4.90. The van der Waals surface area contributed by atoms with Crippen LogP contribution in [0, 0.1) is 12.3 Å². The maximum absolute atomic E-state index is 5.32. The smallest absolute Gasteiger partial charge is 0.0240 e. The predicted octanol–water partition coefficient (Wildman–Crippen LogP) is 1.08. The van der Waals surface area contributed by atoms with Crippen molar-refractivity contribution in [3.05, 3.63) is 0 Å². The van der Waals surface area contributed by atoms with Gasteiger partial charge in [0, 0.05) is 25.0 Å². The Hall–Kier alpha value is -0.520. The van der Waals surface area contributed by atoms with Gasteiger partial charge >= 0.3 is 0 Å². The topological polar surface area (TPSA) is 15.3 Å². The predicted molar refractivity (Wildman–Crippen MR) is 56.6 cm³/mol. The van der Waals surface area contributed by atoms with Crippen molar-refractivity contribution in [2.24, 2.45) is 0 Å². The van der Waals surface area contributed by atoms with Crippen LogP contribution in [0.25, 0.3) is 0 Å². The van der Waals surface area contributed by atoms with Crippen LogP contribution < -0.4 is 5.32 Å². The number of rotatable bonds is 2. The van der Waals surface area contributed by atoms with Crippen molar-refractivity contribution in [1.82, 2.24) is 10.2 Å². The van der Waals surface area contributed by atoms with E-state index in [4.69, 9.17) is 6.42 Å². The molecule has 1 saturated heterocycles. The standard InChI is InChI=1S/C11H20N2/c1-4-6-11(3)13-8-5-7-12-10(2)9-13/h1,10-12H,5-9H2,2-3H3. The van der Waals surface area contributed by atoms with Gasteiger partial charge < -0.3 is 5.32 Å². The van der Waals surface area contributed by atoms with Crippen molar-refractivity contribution in [2.45, 2.75) is 38.8 Å². The van der Waals surface area contributed by atoms with E-state index in [2.05, 4.69) is 30.0 Å². The molecule has 1 rings (SSSR count). The Kier molecular flexibility index (Phi) is 4.27. The van der Waals surface area contributed by atoms with Crippen LogP contribution in [-0.4, -0.2) is 36.6 Å². The van der Waals surface area contributed by atoms with Gasteiger partial charge in [-0.25, -0.2) is 0 Å². The number of terminal acetylenes is 1. The van der Waals surface area contributed by atoms with Crippen molar-refractivity contribution in [2.75, 3.05) is 19.6 Å². The average Bonchev–Trinajstić information content (AvgIpc) is 2.30. The molecule has 0 bridgehead atoms. The summed E-state index contributed by atoms with van der Waals surface area (Å²) in [6.45, 7) is 7.91. The SMILES string of the molecule is C#CCC(C)N1CCCNC(C)C1. The average molecular weight is 180 g/mol. The monoisotopic (exact) mass is 180 g/mol. The van der Waals surface area contributed by atoms with Crippen LogP contribution in [0.4, 0.5) is 0 Å². The number of hydrogen-bond donors (Lipinski definition) is 1. The van der Waals surface area contributed by atoms with Gasteiger partial charge in [-0.15, -0.1) is 12.3 Å². The third-order valence-electron chi connectivity index (χ3n) is 2.66. The van der Waals surface area contributed by atoms with Crippen LogP contribution >= 0.6 is 0 Å². The van der Waals surface area contributed by atoms with Gasteiger partial charge in [0.25, 0.3) is 0 Å². The highest BCUT2D eigenvalue weighted by Crippen LogP contribution is 2.07. The Bertz CT molecular complexity index is 183. The Balaban J connectivity index is 2.43. The molecule has 0 aromatic rings. The van der Waals surface area contributed by atoms with Gasteiger partial charge in [-0.05, 0) is 33.4 Å². The molecule has 2 nitrogen and oxygen atoms in total. The summed E-state index contributed by atoms with van der Waals surface area (Å²) in [5.41, 5.74) is 0. The summed E-state index contributed by atoms with van der Waals surface area (Å²) < 4.78 is 0. The molecular weight excluding hydrogens is 160 g/mol. The van der Waals surface area contributed by atoms with E-state index in [9.17, 15) is 0 Å². The Morgan fingerprint density at radius 1 is 1.69 bits per heavy atom. The highest BCUT2D eigenvalue weighted by Gasteiger charge is 2.17. The molecule has 0 saturated carbocycles. The molecule has 0 aromatic carbocycles. The maximum atomic E-state index is 5.32. The summed E-state index contributed by atoms with van der Waals surface area (Å²) in [4.78, 5) is 2.49. The summed E-state index contributed by atoms with van der Waals surface area (Å²) in [7, 11) is 0. The summed E-state index contributed by atoms with van der Waals surface area (Å²) >= 11 is 0. The Morgan fingerprint density at radius 2 is 2.46 bits per heavy atom. The molecule has 13 heavy (non-hydrogen) atoms. The summed E-state index contributed by atoms with van der Waals surface area (Å²) in [6.07, 6.45) is 7.42. The number of nitrogens with one attached hydrogen (secondary N) is 1. The zero-order valence-electron chi connectivity index (χ0n) is 8.71. The minimum absolute atomic E-state index is 0.535. The molecule has 0 aromatic heterocycles. The van der Waals surface area contributed by atoms with Crippen LogP contribution in [0.1, 0.15) is 26.7 Å². The molecule has 0 aliphatic carbocycles. The molecule has 0 spiro atoms. The third-order valence-corrected chi connectivity index (χ3v) is 2.66. The van der Waals surface area contributed by atoms with E-state index in [1.165, 1.54) is 13.0 Å². The second-order valence-electron chi connectivity index (χ2n) is 3.96. The van der Waals surface area contributed by atoms with Gasteiger partial charge in [0.1, 0.15) is 0 Å². The number of nitrogens with zero attached hydrogens (tertiary/aromatic N) is 1. The lowest BCUT2D eigenvalue weighted by Crippen LogP contribution is -2.40. The van der Waals surface area contributed by atoms with Gasteiger partial charge in [0.2, 0.25) is 0 Å². The fourth-order valence-electron chi connectivity index (χ4n) is 1.84. The Morgan fingerprint density at radius 3 is 3.15 bits per heavy atom. The largest absolute Gasteiger partial charge is 0.313 e. The molecule has 1 N–H and O–H groups in total. The molecule has 1 heterocycles. The molecule has 74 valence electrons. The zero-order chi connectivity index (χ0) is 9.68. The van der Waals surface area contributed by atoms with E-state index in [1.54, 1.807) is 0 Å². The van der Waals surface area contributed by atoms with Crippen molar-refractivity contribution in [1.29, 1.82) is 0 Å². The third kappa shape index (κ3) is 3.38. The van der Waals surface area contributed by atoms with Gasteiger partial charge in [-0.2, -0.15) is 0 Å². The van der Waals surface area contributed by atoms with Gasteiger partial charge in [0.05, 0.1) is 0 Å². The van der Waals surface area contributed by atoms with Gasteiger partial charge in [-0.3, -0.25) is 4.90 Å². The molecule has 2 heteroatoms. The van der Waals surface area contributed by atoms with E-state index >= 15 is 0 Å². The first kappa shape index (κ1) is 10.6. The molecule has 2 atom stereocenters. The van der Waals surface area contributed by atoms with E-state index in [0.29, 0.717) is 12.1 Å². The van der Waals surface area contributed by atoms with Crippen molar-refractivity contribution in [3.63, 3.8) is 0 Å². The molecule has 0 radical (unpaired) electrons. The van der Waals surface area contributed by atoms with Crippen molar-refractivity contribution < 1.29 is 0 Å². The van der Waals surface area contributed by atoms with Gasteiger partial charge in [0.15, 0.2) is 0 Å². The summed E-state index contributed by atoms with van der Waals surface area (Å²) in [6, 6.07) is 1.13. The Labute approximate surface area is 81.7 Å². The fourth-order valence-corrected chi connectivity index (χ4v) is 1.84. The van der Waals surface area contributed by atoms with Crippen molar-refractivity contribution >= 4 is 0 Å². The first-order valence-electron chi connectivity index (χ1n) is 5.15. The lowest BCUT2D eigenvalue weighted by atomic mass is 10.2. The summed E-state index contributed by atoms with van der Waals surface area (Å²) in [5.74, 6) is 2.74. The van der Waals surface area contributed by atoms with Crippen LogP contribution in [-0.2, 0) is 0 Å². The van der Waals surface area contributed by atoms with E-state index in [-0.39, 0.29) is 0 Å². The maximum Gasteiger partial charge on any atom is 0.0240 e. The van der Waals surface area contributed by atoms with Crippen LogP contribution in [0.15, 0.2) is 0 Å². The van der Waals surface area contributed by atoms with E-state index in [0.717, 1.165) is 19.5 Å². The fraction of sp³-hybridized carbons (Fsp3) is 0.818. The second kappa shape index (κ2) is 5.26. The first-order chi connectivity index (χ1) is 6.24. The first-order valence-corrected chi connectivity index (χ1v) is 5.15. The van der Waals surface area contributed by atoms with Crippen molar-refractivity contribution in [3.8, 4) is 12.3 Å². The molecule has 1 fully saturated rings. The quantitative estimate of drug-likeness (QED) is 0.640. The molecule has 1 aliphatic rings. The minimum atomic E-state index is 0.535. The number of hydrogen-bond acceptors (Lipinski definition) is 2. The molecular formula is C11H20N2. The molecule has 2 unspecified atom stereocenters. The normalized spacial score (nSPS) is 27.6. The lowest BCUT2D eigenvalue weighted by molar-refractivity contribution is 0.211. The second-order valence-corrected chi connectivity index (χ2v) is 3.96. The molecule has 1 aliphatic heterocycles. The molecule has 0 amide bonds. The van der Waals surface area contributed by atoms with E-state index < -0.39 is 0 Å². The van der Waals surface area contributed by atoms with Crippen LogP contribution in [0.5, 0.6) is 0 Å². The summed E-state index contributed by atoms with van der Waals surface area (Å²) in [5, 5.41) is 3.48. The van der Waals surface area contributed by atoms with Crippen LogP contribution in [0.2, 0.25) is 0 Å². The lowest BCUT2D eigenvalue weighted by Gasteiger charge is -2.27. The van der Waals surface area contributed by atoms with E-state index in [1.807, 2.05) is 0 Å². The van der Waals surface area contributed by atoms with Gasteiger partial charge in [-0.1, -0.05) is 0 Å². The minimum Gasteiger partial charge on any atom is -0.313 e.